The lowest BCUT2D eigenvalue weighted by Crippen LogP contribution is -2.03. The molecule has 0 amide bonds. The average Bonchev–Trinajstić information content (AvgIpc) is 2.83. The number of nitrogens with zero attached hydrogens (tertiary/aromatic N) is 4. The van der Waals surface area contributed by atoms with Crippen LogP contribution in [-0.2, 0) is 13.6 Å². The summed E-state index contributed by atoms with van der Waals surface area (Å²) < 4.78 is 1.40. The summed E-state index contributed by atoms with van der Waals surface area (Å²) in [7, 11) is 1.63. The minimum Gasteiger partial charge on any atom is -0.357 e. The fourth-order valence-corrected chi connectivity index (χ4v) is 1.30. The zero-order chi connectivity index (χ0) is 11.5. The first-order chi connectivity index (χ1) is 7.66. The highest BCUT2D eigenvalue weighted by molar-refractivity contribution is 5.54. The van der Waals surface area contributed by atoms with Crippen molar-refractivity contribution in [2.75, 3.05) is 5.32 Å². The first-order valence-electron chi connectivity index (χ1n) is 4.57. The fraction of sp³-hybridized carbons (Fsp3) is 0.250. The van der Waals surface area contributed by atoms with E-state index < -0.39 is 4.92 Å². The second-order valence-electron chi connectivity index (χ2n) is 3.23. The van der Waals surface area contributed by atoms with Crippen LogP contribution in [0, 0.1) is 10.1 Å². The average molecular weight is 222 g/mol. The lowest BCUT2D eigenvalue weighted by Gasteiger charge is -1.99. The van der Waals surface area contributed by atoms with Crippen molar-refractivity contribution in [2.24, 2.45) is 7.05 Å². The molecule has 2 rings (SSSR count). The topological polar surface area (TPSA) is 102 Å². The SMILES string of the molecule is Cn1cc([N+](=O)[O-])c(NCc2ccn[nH]2)n1. The number of nitrogens with one attached hydrogen (secondary N) is 2. The maximum absolute atomic E-state index is 10.7. The van der Waals surface area contributed by atoms with Gasteiger partial charge in [0.2, 0.25) is 5.82 Å². The molecule has 0 bridgehead atoms. The summed E-state index contributed by atoms with van der Waals surface area (Å²) in [6, 6.07) is 1.78. The Morgan fingerprint density at radius 3 is 3.12 bits per heavy atom. The summed E-state index contributed by atoms with van der Waals surface area (Å²) in [6.07, 6.45) is 2.97. The number of H-pyrrole nitrogens is 1. The summed E-state index contributed by atoms with van der Waals surface area (Å²) in [5.74, 6) is 0.252. The molecule has 0 saturated carbocycles. The van der Waals surface area contributed by atoms with Crippen LogP contribution in [-0.4, -0.2) is 24.9 Å². The Kier molecular flexibility index (Phi) is 2.54. The van der Waals surface area contributed by atoms with Gasteiger partial charge in [0.1, 0.15) is 6.20 Å². The molecule has 0 radical (unpaired) electrons. The molecule has 0 unspecified atom stereocenters. The van der Waals surface area contributed by atoms with E-state index in [1.807, 2.05) is 0 Å². The molecule has 0 aliphatic rings. The zero-order valence-corrected chi connectivity index (χ0v) is 8.54. The second-order valence-corrected chi connectivity index (χ2v) is 3.23. The molecule has 2 heterocycles. The molecule has 84 valence electrons. The number of rotatable bonds is 4. The number of aromatic nitrogens is 4. The Morgan fingerprint density at radius 2 is 2.50 bits per heavy atom. The highest BCUT2D eigenvalue weighted by Gasteiger charge is 2.17. The smallest absolute Gasteiger partial charge is 0.330 e. The molecule has 16 heavy (non-hydrogen) atoms. The standard InChI is InChI=1S/C8H10N6O2/c1-13-5-7(14(15)16)8(12-13)9-4-6-2-3-10-11-6/h2-3,5H,4H2,1H3,(H,9,12)(H,10,11). The number of nitro groups is 1. The minimum atomic E-state index is -0.470. The predicted octanol–water partition coefficient (Wildman–Crippen LogP) is 0.663. The molecule has 0 aliphatic heterocycles. The summed E-state index contributed by atoms with van der Waals surface area (Å²) in [4.78, 5) is 10.2. The van der Waals surface area contributed by atoms with Gasteiger partial charge in [-0.2, -0.15) is 5.10 Å². The number of aryl methyl sites for hydroxylation is 1. The van der Waals surface area contributed by atoms with Crippen LogP contribution < -0.4 is 5.32 Å². The Hall–Kier alpha value is -2.38. The zero-order valence-electron chi connectivity index (χ0n) is 8.54. The Balaban J connectivity index is 2.12. The van der Waals surface area contributed by atoms with Crippen LogP contribution in [0.3, 0.4) is 0 Å². The van der Waals surface area contributed by atoms with Gasteiger partial charge >= 0.3 is 5.69 Å². The maximum Gasteiger partial charge on any atom is 0.330 e. The van der Waals surface area contributed by atoms with Crippen molar-refractivity contribution >= 4 is 11.5 Å². The van der Waals surface area contributed by atoms with E-state index in [1.54, 1.807) is 19.3 Å². The van der Waals surface area contributed by atoms with E-state index in [9.17, 15) is 10.1 Å². The Bertz CT molecular complexity index is 489. The molecule has 2 aromatic rings. The maximum atomic E-state index is 10.7. The van der Waals surface area contributed by atoms with Gasteiger partial charge in [-0.3, -0.25) is 19.9 Å². The van der Waals surface area contributed by atoms with Crippen LogP contribution in [0.25, 0.3) is 0 Å². The number of hydrogen-bond donors (Lipinski definition) is 2. The molecule has 8 nitrogen and oxygen atoms in total. The molecule has 0 spiro atoms. The van der Waals surface area contributed by atoms with E-state index in [0.29, 0.717) is 6.54 Å². The van der Waals surface area contributed by atoms with Gasteiger partial charge in [-0.1, -0.05) is 0 Å². The lowest BCUT2D eigenvalue weighted by molar-refractivity contribution is -0.384. The van der Waals surface area contributed by atoms with Crippen molar-refractivity contribution in [1.82, 2.24) is 20.0 Å². The van der Waals surface area contributed by atoms with Crippen molar-refractivity contribution in [1.29, 1.82) is 0 Å². The van der Waals surface area contributed by atoms with Gasteiger partial charge in [-0.05, 0) is 6.07 Å². The molecule has 2 N–H and O–H groups in total. The van der Waals surface area contributed by atoms with Gasteiger partial charge in [0.15, 0.2) is 0 Å². The molecular weight excluding hydrogens is 212 g/mol. The largest absolute Gasteiger partial charge is 0.357 e. The van der Waals surface area contributed by atoms with Crippen molar-refractivity contribution in [3.8, 4) is 0 Å². The fourth-order valence-electron chi connectivity index (χ4n) is 1.30. The second kappa shape index (κ2) is 4.01. The van der Waals surface area contributed by atoms with E-state index in [2.05, 4.69) is 20.6 Å². The Morgan fingerprint density at radius 1 is 1.69 bits per heavy atom. The lowest BCUT2D eigenvalue weighted by atomic mass is 10.4. The first kappa shape index (κ1) is 10.1. The van der Waals surface area contributed by atoms with Gasteiger partial charge in [0.05, 0.1) is 17.2 Å². The molecule has 8 heteroatoms. The van der Waals surface area contributed by atoms with E-state index in [4.69, 9.17) is 0 Å². The van der Waals surface area contributed by atoms with Crippen LogP contribution in [0.2, 0.25) is 0 Å². The van der Waals surface area contributed by atoms with E-state index in [0.717, 1.165) is 5.69 Å². The van der Waals surface area contributed by atoms with E-state index >= 15 is 0 Å². The van der Waals surface area contributed by atoms with Crippen LogP contribution in [0.15, 0.2) is 18.5 Å². The highest BCUT2D eigenvalue weighted by Crippen LogP contribution is 2.21. The quantitative estimate of drug-likeness (QED) is 0.584. The van der Waals surface area contributed by atoms with Crippen molar-refractivity contribution in [2.45, 2.75) is 6.54 Å². The van der Waals surface area contributed by atoms with Gasteiger partial charge in [-0.25, -0.2) is 0 Å². The third kappa shape index (κ3) is 2.00. The third-order valence-electron chi connectivity index (χ3n) is 2.01. The van der Waals surface area contributed by atoms with Crippen LogP contribution in [0.5, 0.6) is 0 Å². The summed E-state index contributed by atoms with van der Waals surface area (Å²) in [5, 5.41) is 24.0. The number of aromatic amines is 1. The normalized spacial score (nSPS) is 10.3. The summed E-state index contributed by atoms with van der Waals surface area (Å²) in [5.41, 5.74) is 0.793. The van der Waals surface area contributed by atoms with E-state index in [1.165, 1.54) is 10.9 Å². The van der Waals surface area contributed by atoms with Crippen molar-refractivity contribution < 1.29 is 4.92 Å². The minimum absolute atomic E-state index is 0.0398. The van der Waals surface area contributed by atoms with Gasteiger partial charge in [-0.15, -0.1) is 5.10 Å². The molecule has 0 aliphatic carbocycles. The first-order valence-corrected chi connectivity index (χ1v) is 4.57. The van der Waals surface area contributed by atoms with Gasteiger partial charge < -0.3 is 5.32 Å². The summed E-state index contributed by atoms with van der Waals surface area (Å²) in [6.45, 7) is 0.415. The van der Waals surface area contributed by atoms with Crippen molar-refractivity contribution in [3.63, 3.8) is 0 Å². The van der Waals surface area contributed by atoms with Gasteiger partial charge in [0.25, 0.3) is 0 Å². The number of hydrogen-bond acceptors (Lipinski definition) is 5. The molecule has 2 aromatic heterocycles. The van der Waals surface area contributed by atoms with Crippen LogP contribution in [0.1, 0.15) is 5.69 Å². The molecule has 0 aromatic carbocycles. The summed E-state index contributed by atoms with van der Waals surface area (Å²) >= 11 is 0. The number of anilines is 1. The monoisotopic (exact) mass is 222 g/mol. The Labute approximate surface area is 90.4 Å². The predicted molar refractivity (Wildman–Crippen MR) is 55.8 cm³/mol. The van der Waals surface area contributed by atoms with Crippen molar-refractivity contribution in [3.05, 3.63) is 34.3 Å². The van der Waals surface area contributed by atoms with Gasteiger partial charge in [0, 0.05) is 13.2 Å². The molecule has 0 atom stereocenters. The van der Waals surface area contributed by atoms with Crippen LogP contribution in [0.4, 0.5) is 11.5 Å². The molecular formula is C8H10N6O2. The highest BCUT2D eigenvalue weighted by atomic mass is 16.6. The van der Waals surface area contributed by atoms with E-state index in [-0.39, 0.29) is 11.5 Å². The molecule has 0 saturated heterocycles. The molecule has 0 fully saturated rings. The van der Waals surface area contributed by atoms with Crippen LogP contribution >= 0.6 is 0 Å². The third-order valence-corrected chi connectivity index (χ3v) is 2.01.